The maximum absolute atomic E-state index is 12.6. The minimum absolute atomic E-state index is 0.00701. The van der Waals surface area contributed by atoms with E-state index >= 15 is 0 Å². The number of rotatable bonds is 10. The van der Waals surface area contributed by atoms with E-state index in [1.54, 1.807) is 48.5 Å². The number of hydrogen-bond donors (Lipinski definition) is 3. The van der Waals surface area contributed by atoms with Gasteiger partial charge in [-0.2, -0.15) is 0 Å². The van der Waals surface area contributed by atoms with Crippen LogP contribution >= 0.6 is 0 Å². The van der Waals surface area contributed by atoms with Crippen LogP contribution in [0, 0.1) is 0 Å². The smallest absolute Gasteiger partial charge is 0.408 e. The number of nitrogens with one attached hydrogen (secondary N) is 2. The first-order valence-corrected chi connectivity index (χ1v) is 9.56. The number of carbonyl (C=O) groups excluding carboxylic acids is 3. The van der Waals surface area contributed by atoms with Crippen molar-refractivity contribution in [2.75, 3.05) is 20.8 Å². The number of esters is 1. The topological polar surface area (TPSA) is 123 Å². The zero-order chi connectivity index (χ0) is 22.6. The van der Waals surface area contributed by atoms with Crippen LogP contribution in [-0.4, -0.2) is 56.0 Å². The van der Waals surface area contributed by atoms with Gasteiger partial charge in [-0.3, -0.25) is 4.79 Å². The second kappa shape index (κ2) is 12.2. The van der Waals surface area contributed by atoms with Gasteiger partial charge in [0.05, 0.1) is 20.8 Å². The van der Waals surface area contributed by atoms with Crippen LogP contribution in [0.5, 0.6) is 5.75 Å². The standard InChI is InChI=1S/C22H26N2O7/c1-29-17-10-6-9-16(11-17)12-18(21(27)30-2)23-20(26)19(13-25)24-22(28)31-14-15-7-4-3-5-8-15/h3-11,18-19,25H,12-14H2,1-2H3,(H,23,26)(H,24,28)/t18-,19+/m1/s1. The Kier molecular flexibility index (Phi) is 9.31. The van der Waals surface area contributed by atoms with Gasteiger partial charge in [-0.1, -0.05) is 42.5 Å². The molecule has 0 aliphatic rings. The second-order valence-corrected chi connectivity index (χ2v) is 6.58. The Balaban J connectivity index is 1.97. The molecule has 0 spiro atoms. The first kappa shape index (κ1) is 23.7. The summed E-state index contributed by atoms with van der Waals surface area (Å²) in [6, 6.07) is 13.7. The summed E-state index contributed by atoms with van der Waals surface area (Å²) in [5.74, 6) is -0.819. The Morgan fingerprint density at radius 3 is 2.29 bits per heavy atom. The molecule has 2 rings (SSSR count). The molecule has 3 N–H and O–H groups in total. The second-order valence-electron chi connectivity index (χ2n) is 6.58. The molecule has 0 saturated heterocycles. The highest BCUT2D eigenvalue weighted by Gasteiger charge is 2.27. The molecule has 2 aromatic rings. The van der Waals surface area contributed by atoms with E-state index in [0.29, 0.717) is 5.75 Å². The minimum Gasteiger partial charge on any atom is -0.497 e. The molecule has 9 heteroatoms. The Labute approximate surface area is 180 Å². The lowest BCUT2D eigenvalue weighted by Gasteiger charge is -2.21. The number of carbonyl (C=O) groups is 3. The van der Waals surface area contributed by atoms with E-state index in [1.165, 1.54) is 14.2 Å². The monoisotopic (exact) mass is 430 g/mol. The maximum Gasteiger partial charge on any atom is 0.408 e. The van der Waals surface area contributed by atoms with Crippen LogP contribution in [0.1, 0.15) is 11.1 Å². The average Bonchev–Trinajstić information content (AvgIpc) is 2.80. The average molecular weight is 430 g/mol. The molecule has 2 aromatic carbocycles. The summed E-state index contributed by atoms with van der Waals surface area (Å²) in [5, 5.41) is 14.3. The van der Waals surface area contributed by atoms with E-state index in [2.05, 4.69) is 10.6 Å². The lowest BCUT2D eigenvalue weighted by Crippen LogP contribution is -2.54. The van der Waals surface area contributed by atoms with E-state index < -0.39 is 36.7 Å². The highest BCUT2D eigenvalue weighted by Crippen LogP contribution is 2.14. The lowest BCUT2D eigenvalue weighted by atomic mass is 10.1. The van der Waals surface area contributed by atoms with Crippen LogP contribution in [0.3, 0.4) is 0 Å². The maximum atomic E-state index is 12.6. The van der Waals surface area contributed by atoms with Crippen molar-refractivity contribution in [1.29, 1.82) is 0 Å². The predicted octanol–water partition coefficient (Wildman–Crippen LogP) is 1.18. The summed E-state index contributed by atoms with van der Waals surface area (Å²) in [5.41, 5.74) is 1.50. The number of amides is 2. The summed E-state index contributed by atoms with van der Waals surface area (Å²) >= 11 is 0. The zero-order valence-corrected chi connectivity index (χ0v) is 17.4. The SMILES string of the molecule is COC(=O)[C@@H](Cc1cccc(OC)c1)NC(=O)[C@H](CO)NC(=O)OCc1ccccc1. The van der Waals surface area contributed by atoms with Gasteiger partial charge in [-0.05, 0) is 23.3 Å². The van der Waals surface area contributed by atoms with Gasteiger partial charge in [-0.25, -0.2) is 9.59 Å². The number of aliphatic hydroxyl groups excluding tert-OH is 1. The van der Waals surface area contributed by atoms with Crippen molar-refractivity contribution >= 4 is 18.0 Å². The molecule has 0 aromatic heterocycles. The largest absolute Gasteiger partial charge is 0.497 e. The van der Waals surface area contributed by atoms with Crippen molar-refractivity contribution in [3.05, 3.63) is 65.7 Å². The first-order valence-electron chi connectivity index (χ1n) is 9.56. The Hall–Kier alpha value is -3.59. The van der Waals surface area contributed by atoms with Crippen molar-refractivity contribution in [3.63, 3.8) is 0 Å². The molecular weight excluding hydrogens is 404 g/mol. The Morgan fingerprint density at radius 1 is 0.935 bits per heavy atom. The van der Waals surface area contributed by atoms with Crippen molar-refractivity contribution in [2.24, 2.45) is 0 Å². The summed E-state index contributed by atoms with van der Waals surface area (Å²) in [4.78, 5) is 36.7. The quantitative estimate of drug-likeness (QED) is 0.484. The third-order valence-corrected chi connectivity index (χ3v) is 4.38. The molecule has 166 valence electrons. The van der Waals surface area contributed by atoms with Crippen LogP contribution in [-0.2, 0) is 32.1 Å². The normalized spacial score (nSPS) is 12.2. The number of ether oxygens (including phenoxy) is 3. The van der Waals surface area contributed by atoms with Crippen molar-refractivity contribution in [1.82, 2.24) is 10.6 Å². The summed E-state index contributed by atoms with van der Waals surface area (Å²) in [7, 11) is 2.73. The van der Waals surface area contributed by atoms with E-state index in [4.69, 9.17) is 14.2 Å². The van der Waals surface area contributed by atoms with Gasteiger partial charge < -0.3 is 30.0 Å². The van der Waals surface area contributed by atoms with E-state index in [0.717, 1.165) is 11.1 Å². The Bertz CT molecular complexity index is 873. The lowest BCUT2D eigenvalue weighted by molar-refractivity contribution is -0.145. The molecular formula is C22H26N2O7. The molecule has 0 bridgehead atoms. The first-order chi connectivity index (χ1) is 15.0. The van der Waals surface area contributed by atoms with E-state index in [1.807, 2.05) is 6.07 Å². The van der Waals surface area contributed by atoms with Gasteiger partial charge in [0.25, 0.3) is 0 Å². The number of hydrogen-bond acceptors (Lipinski definition) is 7. The van der Waals surface area contributed by atoms with Crippen LogP contribution in [0.4, 0.5) is 4.79 Å². The fourth-order valence-electron chi connectivity index (χ4n) is 2.74. The molecule has 0 radical (unpaired) electrons. The van der Waals surface area contributed by atoms with Gasteiger partial charge in [0.1, 0.15) is 24.4 Å². The molecule has 2 amide bonds. The molecule has 9 nitrogen and oxygen atoms in total. The fourth-order valence-corrected chi connectivity index (χ4v) is 2.74. The number of methoxy groups -OCH3 is 2. The number of benzene rings is 2. The molecule has 0 heterocycles. The Morgan fingerprint density at radius 2 is 1.65 bits per heavy atom. The molecule has 2 atom stereocenters. The third-order valence-electron chi connectivity index (χ3n) is 4.38. The van der Waals surface area contributed by atoms with Gasteiger partial charge in [0.15, 0.2) is 0 Å². The van der Waals surface area contributed by atoms with E-state index in [-0.39, 0.29) is 13.0 Å². The van der Waals surface area contributed by atoms with Crippen molar-refractivity contribution < 1.29 is 33.7 Å². The molecule has 0 unspecified atom stereocenters. The van der Waals surface area contributed by atoms with Gasteiger partial charge in [-0.15, -0.1) is 0 Å². The van der Waals surface area contributed by atoms with Crippen LogP contribution in [0.25, 0.3) is 0 Å². The fraction of sp³-hybridized carbons (Fsp3) is 0.318. The summed E-state index contributed by atoms with van der Waals surface area (Å²) < 4.78 is 15.0. The number of aliphatic hydroxyl groups is 1. The minimum atomic E-state index is -1.30. The molecule has 0 fully saturated rings. The molecule has 0 aliphatic carbocycles. The summed E-state index contributed by atoms with van der Waals surface area (Å²) in [6.07, 6.45) is -0.743. The van der Waals surface area contributed by atoms with Crippen LogP contribution in [0.15, 0.2) is 54.6 Å². The van der Waals surface area contributed by atoms with E-state index in [9.17, 15) is 19.5 Å². The van der Waals surface area contributed by atoms with Crippen LogP contribution < -0.4 is 15.4 Å². The molecule has 0 saturated carbocycles. The third kappa shape index (κ3) is 7.63. The van der Waals surface area contributed by atoms with Gasteiger partial charge >= 0.3 is 12.1 Å². The number of alkyl carbamates (subject to hydrolysis) is 1. The highest BCUT2D eigenvalue weighted by molar-refractivity contribution is 5.89. The predicted molar refractivity (Wildman–Crippen MR) is 111 cm³/mol. The summed E-state index contributed by atoms with van der Waals surface area (Å²) in [6.45, 7) is -0.674. The molecule has 31 heavy (non-hydrogen) atoms. The van der Waals surface area contributed by atoms with Gasteiger partial charge in [0.2, 0.25) is 5.91 Å². The van der Waals surface area contributed by atoms with Crippen LogP contribution in [0.2, 0.25) is 0 Å². The van der Waals surface area contributed by atoms with Gasteiger partial charge in [0, 0.05) is 6.42 Å². The molecule has 0 aliphatic heterocycles. The van der Waals surface area contributed by atoms with Crippen molar-refractivity contribution in [2.45, 2.75) is 25.1 Å². The highest BCUT2D eigenvalue weighted by atomic mass is 16.5. The zero-order valence-electron chi connectivity index (χ0n) is 17.4. The van der Waals surface area contributed by atoms with Crippen molar-refractivity contribution in [3.8, 4) is 5.75 Å².